The zero-order valence-corrected chi connectivity index (χ0v) is 14.0. The summed E-state index contributed by atoms with van der Waals surface area (Å²) in [5, 5.41) is 4.71. The summed E-state index contributed by atoms with van der Waals surface area (Å²) in [6, 6.07) is 17.5. The largest absolute Gasteiger partial charge is 0.324 e. The predicted molar refractivity (Wildman–Crippen MR) is 98.1 cm³/mol. The molecule has 2 heterocycles. The molecule has 0 spiro atoms. The lowest BCUT2D eigenvalue weighted by atomic mass is 10.3. The van der Waals surface area contributed by atoms with E-state index in [0.29, 0.717) is 5.69 Å². The van der Waals surface area contributed by atoms with Crippen molar-refractivity contribution < 1.29 is 9.18 Å². The van der Waals surface area contributed by atoms with Gasteiger partial charge in [-0.25, -0.2) is 9.37 Å². The molecular formula is C19H14FN3OS. The molecule has 4 nitrogen and oxygen atoms in total. The van der Waals surface area contributed by atoms with E-state index in [9.17, 15) is 9.18 Å². The van der Waals surface area contributed by atoms with Crippen molar-refractivity contribution in [2.24, 2.45) is 0 Å². The molecule has 6 heteroatoms. The lowest BCUT2D eigenvalue weighted by molar-refractivity contribution is -0.116. The van der Waals surface area contributed by atoms with Crippen molar-refractivity contribution in [3.8, 4) is 10.7 Å². The molecule has 1 amide bonds. The number of hydrogen-bond acceptors (Lipinski definition) is 3. The molecular weight excluding hydrogens is 337 g/mol. The Morgan fingerprint density at radius 2 is 2.00 bits per heavy atom. The van der Waals surface area contributed by atoms with Gasteiger partial charge in [0.15, 0.2) is 5.82 Å². The van der Waals surface area contributed by atoms with E-state index < -0.39 is 0 Å². The SMILES string of the molecule is O=C(Cn1c(-c2cccs2)nc2ccccc21)Nc1cccc(F)c1. The smallest absolute Gasteiger partial charge is 0.244 e. The number of fused-ring (bicyclic) bond motifs is 1. The van der Waals surface area contributed by atoms with Crippen LogP contribution in [0.5, 0.6) is 0 Å². The number of nitrogens with one attached hydrogen (secondary N) is 1. The minimum atomic E-state index is -0.384. The fraction of sp³-hybridized carbons (Fsp3) is 0.0526. The number of carbonyl (C=O) groups is 1. The normalized spacial score (nSPS) is 10.9. The molecule has 0 aliphatic heterocycles. The third-order valence-corrected chi connectivity index (χ3v) is 4.67. The molecule has 2 aromatic carbocycles. The Labute approximate surface area is 147 Å². The first kappa shape index (κ1) is 15.5. The van der Waals surface area contributed by atoms with Gasteiger partial charge in [0.1, 0.15) is 12.4 Å². The number of aromatic nitrogens is 2. The Hall–Kier alpha value is -2.99. The lowest BCUT2D eigenvalue weighted by Gasteiger charge is -2.09. The quantitative estimate of drug-likeness (QED) is 0.587. The number of benzene rings is 2. The molecule has 2 aromatic heterocycles. The number of para-hydroxylation sites is 2. The molecule has 4 aromatic rings. The van der Waals surface area contributed by atoms with Crippen LogP contribution in [0.2, 0.25) is 0 Å². The summed E-state index contributed by atoms with van der Waals surface area (Å²) < 4.78 is 15.2. The van der Waals surface area contributed by atoms with E-state index >= 15 is 0 Å². The standard InChI is InChI=1S/C19H14FN3OS/c20-13-5-3-6-14(11-13)21-18(24)12-23-16-8-2-1-7-15(16)22-19(23)17-9-4-10-25-17/h1-11H,12H2,(H,21,24). The molecule has 0 aliphatic carbocycles. The number of hydrogen-bond donors (Lipinski definition) is 1. The Morgan fingerprint density at radius 3 is 2.80 bits per heavy atom. The minimum absolute atomic E-state index is 0.101. The van der Waals surface area contributed by atoms with Crippen LogP contribution in [0.15, 0.2) is 66.0 Å². The highest BCUT2D eigenvalue weighted by atomic mass is 32.1. The van der Waals surface area contributed by atoms with E-state index in [-0.39, 0.29) is 18.3 Å². The van der Waals surface area contributed by atoms with Crippen molar-refractivity contribution in [3.63, 3.8) is 0 Å². The number of thiophene rings is 1. The number of nitrogens with zero attached hydrogens (tertiary/aromatic N) is 2. The molecule has 0 fully saturated rings. The Kier molecular flexibility index (Phi) is 4.03. The summed E-state index contributed by atoms with van der Waals surface area (Å²) in [5.74, 6) is 0.141. The number of amides is 1. The molecule has 0 aliphatic rings. The van der Waals surface area contributed by atoms with Crippen molar-refractivity contribution >= 4 is 34.0 Å². The highest BCUT2D eigenvalue weighted by Crippen LogP contribution is 2.28. The molecule has 25 heavy (non-hydrogen) atoms. The van der Waals surface area contributed by atoms with E-state index in [1.165, 1.54) is 12.1 Å². The fourth-order valence-corrected chi connectivity index (χ4v) is 3.46. The second-order valence-corrected chi connectivity index (χ2v) is 6.49. The molecule has 0 unspecified atom stereocenters. The average molecular weight is 351 g/mol. The van der Waals surface area contributed by atoms with Gasteiger partial charge in [-0.1, -0.05) is 24.3 Å². The van der Waals surface area contributed by atoms with Crippen LogP contribution in [0.25, 0.3) is 21.7 Å². The second kappa shape index (κ2) is 6.49. The van der Waals surface area contributed by atoms with E-state index in [2.05, 4.69) is 10.3 Å². The predicted octanol–water partition coefficient (Wildman–Crippen LogP) is 4.54. The first-order valence-electron chi connectivity index (χ1n) is 7.75. The van der Waals surface area contributed by atoms with Gasteiger partial charge in [0, 0.05) is 5.69 Å². The zero-order chi connectivity index (χ0) is 17.2. The first-order chi connectivity index (χ1) is 12.2. The summed E-state index contributed by atoms with van der Waals surface area (Å²) in [6.07, 6.45) is 0. The Balaban J connectivity index is 1.68. The maximum absolute atomic E-state index is 13.3. The van der Waals surface area contributed by atoms with Gasteiger partial charge in [-0.05, 0) is 41.8 Å². The summed E-state index contributed by atoms with van der Waals surface area (Å²) in [7, 11) is 0. The minimum Gasteiger partial charge on any atom is -0.324 e. The maximum atomic E-state index is 13.3. The van der Waals surface area contributed by atoms with Gasteiger partial charge in [-0.3, -0.25) is 4.79 Å². The fourth-order valence-electron chi connectivity index (χ4n) is 2.74. The molecule has 0 saturated carbocycles. The van der Waals surface area contributed by atoms with Gasteiger partial charge >= 0.3 is 0 Å². The van der Waals surface area contributed by atoms with Crippen molar-refractivity contribution in [2.45, 2.75) is 6.54 Å². The van der Waals surface area contributed by atoms with Gasteiger partial charge in [-0.15, -0.1) is 11.3 Å². The summed E-state index contributed by atoms with van der Waals surface area (Å²) in [6.45, 7) is 0.101. The van der Waals surface area contributed by atoms with Crippen LogP contribution in [0, 0.1) is 5.82 Å². The summed E-state index contributed by atoms with van der Waals surface area (Å²) in [4.78, 5) is 18.1. The van der Waals surface area contributed by atoms with Crippen LogP contribution >= 0.6 is 11.3 Å². The highest BCUT2D eigenvalue weighted by molar-refractivity contribution is 7.13. The highest BCUT2D eigenvalue weighted by Gasteiger charge is 2.15. The van der Waals surface area contributed by atoms with E-state index in [1.54, 1.807) is 23.5 Å². The van der Waals surface area contributed by atoms with Gasteiger partial charge in [-0.2, -0.15) is 0 Å². The van der Waals surface area contributed by atoms with Gasteiger partial charge in [0.2, 0.25) is 5.91 Å². The molecule has 4 rings (SSSR count). The number of rotatable bonds is 4. The number of anilines is 1. The van der Waals surface area contributed by atoms with Crippen LogP contribution in [0.3, 0.4) is 0 Å². The van der Waals surface area contributed by atoms with Crippen LogP contribution in [-0.4, -0.2) is 15.5 Å². The molecule has 0 radical (unpaired) electrons. The van der Waals surface area contributed by atoms with Gasteiger partial charge < -0.3 is 9.88 Å². The van der Waals surface area contributed by atoms with Gasteiger partial charge in [0.05, 0.1) is 15.9 Å². The van der Waals surface area contributed by atoms with Crippen molar-refractivity contribution in [2.75, 3.05) is 5.32 Å². The van der Waals surface area contributed by atoms with E-state index in [0.717, 1.165) is 21.7 Å². The average Bonchev–Trinajstić information content (AvgIpc) is 3.23. The molecule has 1 N–H and O–H groups in total. The van der Waals surface area contributed by atoms with Crippen LogP contribution in [-0.2, 0) is 11.3 Å². The topological polar surface area (TPSA) is 46.9 Å². The third-order valence-electron chi connectivity index (χ3n) is 3.81. The zero-order valence-electron chi connectivity index (χ0n) is 13.1. The van der Waals surface area contributed by atoms with Crippen molar-refractivity contribution in [1.29, 1.82) is 0 Å². The Morgan fingerprint density at radius 1 is 1.12 bits per heavy atom. The molecule has 0 bridgehead atoms. The van der Waals surface area contributed by atoms with Crippen molar-refractivity contribution in [3.05, 3.63) is 71.9 Å². The molecule has 0 atom stereocenters. The maximum Gasteiger partial charge on any atom is 0.244 e. The number of halogens is 1. The summed E-state index contributed by atoms with van der Waals surface area (Å²) >= 11 is 1.57. The third kappa shape index (κ3) is 3.16. The monoisotopic (exact) mass is 351 g/mol. The van der Waals surface area contributed by atoms with Crippen LogP contribution in [0.4, 0.5) is 10.1 Å². The summed E-state index contributed by atoms with van der Waals surface area (Å²) in [5.41, 5.74) is 2.16. The lowest BCUT2D eigenvalue weighted by Crippen LogP contribution is -2.19. The van der Waals surface area contributed by atoms with Crippen molar-refractivity contribution in [1.82, 2.24) is 9.55 Å². The number of imidazole rings is 1. The first-order valence-corrected chi connectivity index (χ1v) is 8.63. The number of carbonyl (C=O) groups excluding carboxylic acids is 1. The van der Waals surface area contributed by atoms with Crippen LogP contribution in [0.1, 0.15) is 0 Å². The Bertz CT molecular complexity index is 1040. The van der Waals surface area contributed by atoms with Gasteiger partial charge in [0.25, 0.3) is 0 Å². The van der Waals surface area contributed by atoms with Crippen LogP contribution < -0.4 is 5.32 Å². The molecule has 124 valence electrons. The van der Waals surface area contributed by atoms with E-state index in [4.69, 9.17) is 0 Å². The molecule has 0 saturated heterocycles. The second-order valence-electron chi connectivity index (χ2n) is 5.55. The van der Waals surface area contributed by atoms with E-state index in [1.807, 2.05) is 46.3 Å².